The minimum absolute atomic E-state index is 0.0720. The molecule has 0 bridgehead atoms. The van der Waals surface area contributed by atoms with Gasteiger partial charge in [-0.25, -0.2) is 0 Å². The van der Waals surface area contributed by atoms with Crippen LogP contribution in [0.2, 0.25) is 0 Å². The Morgan fingerprint density at radius 1 is 1.37 bits per heavy atom. The highest BCUT2D eigenvalue weighted by molar-refractivity contribution is 9.10. The van der Waals surface area contributed by atoms with Crippen molar-refractivity contribution in [3.63, 3.8) is 0 Å². The van der Waals surface area contributed by atoms with Gasteiger partial charge >= 0.3 is 0 Å². The number of amides is 1. The monoisotopic (exact) mass is 328 g/mol. The molecule has 0 aliphatic rings. The van der Waals surface area contributed by atoms with E-state index >= 15 is 0 Å². The number of hydrogen-bond acceptors (Lipinski definition) is 3. The third kappa shape index (κ3) is 5.20. The van der Waals surface area contributed by atoms with E-state index < -0.39 is 0 Å². The lowest BCUT2D eigenvalue weighted by Gasteiger charge is -2.10. The van der Waals surface area contributed by atoms with Gasteiger partial charge in [-0.2, -0.15) is 0 Å². The van der Waals surface area contributed by atoms with Gasteiger partial charge in [0, 0.05) is 36.0 Å². The van der Waals surface area contributed by atoms with Gasteiger partial charge in [-0.15, -0.1) is 0 Å². The molecule has 0 radical (unpaired) electrons. The number of nitrogens with one attached hydrogen (secondary N) is 1. The number of carbonyl (C=O) groups is 1. The Morgan fingerprint density at radius 3 is 2.79 bits per heavy atom. The van der Waals surface area contributed by atoms with Crippen LogP contribution in [-0.4, -0.2) is 26.2 Å². The fourth-order valence-corrected chi connectivity index (χ4v) is 2.26. The summed E-state index contributed by atoms with van der Waals surface area (Å²) >= 11 is 3.35. The minimum Gasteiger partial charge on any atom is -0.398 e. The highest BCUT2D eigenvalue weighted by Crippen LogP contribution is 2.22. The molecule has 106 valence electrons. The average molecular weight is 329 g/mol. The number of unbranched alkanes of at least 4 members (excludes halogenated alkanes) is 2. The molecule has 4 nitrogen and oxygen atoms in total. The number of nitrogen functional groups attached to an aromatic ring is 1. The summed E-state index contributed by atoms with van der Waals surface area (Å²) in [6, 6.07) is 3.60. The van der Waals surface area contributed by atoms with Crippen LogP contribution in [0.5, 0.6) is 0 Å². The SMILES string of the molecule is COCCCCCNC(=O)c1cc(Br)cc(N)c1C. The van der Waals surface area contributed by atoms with E-state index in [1.807, 2.05) is 6.92 Å². The summed E-state index contributed by atoms with van der Waals surface area (Å²) in [4.78, 5) is 12.0. The number of rotatable bonds is 7. The molecule has 5 heteroatoms. The summed E-state index contributed by atoms with van der Waals surface area (Å²) in [5.41, 5.74) is 7.92. The van der Waals surface area contributed by atoms with Crippen molar-refractivity contribution < 1.29 is 9.53 Å². The van der Waals surface area contributed by atoms with Gasteiger partial charge in [0.05, 0.1) is 0 Å². The predicted molar refractivity (Wildman–Crippen MR) is 81.4 cm³/mol. The zero-order valence-corrected chi connectivity index (χ0v) is 13.0. The van der Waals surface area contributed by atoms with Gasteiger partial charge in [0.1, 0.15) is 0 Å². The number of halogens is 1. The lowest BCUT2D eigenvalue weighted by atomic mass is 10.1. The number of methoxy groups -OCH3 is 1. The molecule has 1 amide bonds. The van der Waals surface area contributed by atoms with Gasteiger partial charge in [-0.05, 0) is 43.9 Å². The van der Waals surface area contributed by atoms with E-state index in [2.05, 4.69) is 21.2 Å². The smallest absolute Gasteiger partial charge is 0.251 e. The van der Waals surface area contributed by atoms with E-state index in [-0.39, 0.29) is 5.91 Å². The zero-order chi connectivity index (χ0) is 14.3. The van der Waals surface area contributed by atoms with Crippen molar-refractivity contribution in [1.82, 2.24) is 5.32 Å². The Hall–Kier alpha value is -1.07. The molecule has 1 rings (SSSR count). The second kappa shape index (κ2) is 8.17. The molecule has 0 aromatic heterocycles. The van der Waals surface area contributed by atoms with Crippen molar-refractivity contribution in [3.05, 3.63) is 27.7 Å². The van der Waals surface area contributed by atoms with Gasteiger partial charge in [0.2, 0.25) is 0 Å². The van der Waals surface area contributed by atoms with E-state index in [4.69, 9.17) is 10.5 Å². The van der Waals surface area contributed by atoms with Crippen molar-refractivity contribution in [2.24, 2.45) is 0 Å². The van der Waals surface area contributed by atoms with Crippen molar-refractivity contribution >= 4 is 27.5 Å². The molecule has 0 saturated heterocycles. The summed E-state index contributed by atoms with van der Waals surface area (Å²) < 4.78 is 5.79. The number of hydrogen-bond donors (Lipinski definition) is 2. The van der Waals surface area contributed by atoms with Crippen LogP contribution in [-0.2, 0) is 4.74 Å². The molecule has 3 N–H and O–H groups in total. The van der Waals surface area contributed by atoms with Crippen molar-refractivity contribution in [3.8, 4) is 0 Å². The highest BCUT2D eigenvalue weighted by Gasteiger charge is 2.11. The number of anilines is 1. The average Bonchev–Trinajstić information content (AvgIpc) is 2.37. The number of ether oxygens (including phenoxy) is 1. The van der Waals surface area contributed by atoms with E-state index in [1.54, 1.807) is 19.2 Å². The molecule has 0 spiro atoms. The first-order valence-electron chi connectivity index (χ1n) is 6.39. The molecule has 1 aromatic carbocycles. The van der Waals surface area contributed by atoms with Crippen molar-refractivity contribution in [2.45, 2.75) is 26.2 Å². The quantitative estimate of drug-likeness (QED) is 0.597. The van der Waals surface area contributed by atoms with E-state index in [0.717, 1.165) is 35.9 Å². The first-order chi connectivity index (χ1) is 9.06. The molecular weight excluding hydrogens is 308 g/mol. The molecule has 0 aliphatic carbocycles. The van der Waals surface area contributed by atoms with Gasteiger partial charge in [-0.3, -0.25) is 4.79 Å². The molecule has 1 aromatic rings. The maximum Gasteiger partial charge on any atom is 0.251 e. The fraction of sp³-hybridized carbons (Fsp3) is 0.500. The zero-order valence-electron chi connectivity index (χ0n) is 11.5. The first kappa shape index (κ1) is 16.0. The molecule has 0 heterocycles. The minimum atomic E-state index is -0.0720. The first-order valence-corrected chi connectivity index (χ1v) is 7.18. The van der Waals surface area contributed by atoms with E-state index in [9.17, 15) is 4.79 Å². The summed E-state index contributed by atoms with van der Waals surface area (Å²) in [7, 11) is 1.70. The maximum atomic E-state index is 12.0. The van der Waals surface area contributed by atoms with Crippen LogP contribution in [0.15, 0.2) is 16.6 Å². The summed E-state index contributed by atoms with van der Waals surface area (Å²) in [5, 5.41) is 2.91. The van der Waals surface area contributed by atoms with Crippen molar-refractivity contribution in [1.29, 1.82) is 0 Å². The number of nitrogens with two attached hydrogens (primary N) is 1. The lowest BCUT2D eigenvalue weighted by molar-refractivity contribution is 0.0952. The normalized spacial score (nSPS) is 10.5. The Kier molecular flexibility index (Phi) is 6.87. The van der Waals surface area contributed by atoms with Gasteiger partial charge in [0.15, 0.2) is 0 Å². The Morgan fingerprint density at radius 2 is 2.11 bits per heavy atom. The van der Waals surface area contributed by atoms with Crippen LogP contribution in [0.25, 0.3) is 0 Å². The second-order valence-electron chi connectivity index (χ2n) is 4.48. The number of carbonyl (C=O) groups excluding carboxylic acids is 1. The van der Waals surface area contributed by atoms with Gasteiger partial charge in [-0.1, -0.05) is 15.9 Å². The summed E-state index contributed by atoms with van der Waals surface area (Å²) in [6.45, 7) is 3.30. The van der Waals surface area contributed by atoms with Crippen LogP contribution in [0.3, 0.4) is 0 Å². The molecule has 19 heavy (non-hydrogen) atoms. The van der Waals surface area contributed by atoms with Crippen LogP contribution >= 0.6 is 15.9 Å². The molecule has 0 aliphatic heterocycles. The molecular formula is C14H21BrN2O2. The molecule has 0 unspecified atom stereocenters. The largest absolute Gasteiger partial charge is 0.398 e. The van der Waals surface area contributed by atoms with Crippen molar-refractivity contribution in [2.75, 3.05) is 26.0 Å². The van der Waals surface area contributed by atoms with Gasteiger partial charge in [0.25, 0.3) is 5.91 Å². The van der Waals surface area contributed by atoms with Crippen LogP contribution in [0.1, 0.15) is 35.2 Å². The fourth-order valence-electron chi connectivity index (χ4n) is 1.78. The molecule has 0 fully saturated rings. The van der Waals surface area contributed by atoms with E-state index in [1.165, 1.54) is 0 Å². The Labute approximate surface area is 122 Å². The number of benzene rings is 1. The summed E-state index contributed by atoms with van der Waals surface area (Å²) in [5.74, 6) is -0.0720. The Bertz CT molecular complexity index is 436. The van der Waals surface area contributed by atoms with Gasteiger partial charge < -0.3 is 15.8 Å². The van der Waals surface area contributed by atoms with E-state index in [0.29, 0.717) is 17.8 Å². The third-order valence-corrected chi connectivity index (χ3v) is 3.43. The van der Waals surface area contributed by atoms with Crippen LogP contribution in [0, 0.1) is 6.92 Å². The topological polar surface area (TPSA) is 64.3 Å². The van der Waals surface area contributed by atoms with Crippen LogP contribution in [0.4, 0.5) is 5.69 Å². The van der Waals surface area contributed by atoms with Crippen LogP contribution < -0.4 is 11.1 Å². The maximum absolute atomic E-state index is 12.0. The second-order valence-corrected chi connectivity index (χ2v) is 5.39. The molecule has 0 atom stereocenters. The predicted octanol–water partition coefficient (Wildman–Crippen LogP) is 2.89. The standard InChI is InChI=1S/C14H21BrN2O2/c1-10-12(8-11(15)9-13(10)16)14(18)17-6-4-3-5-7-19-2/h8-9H,3-7,16H2,1-2H3,(H,17,18). The third-order valence-electron chi connectivity index (χ3n) is 2.97. The Balaban J connectivity index is 2.46. The summed E-state index contributed by atoms with van der Waals surface area (Å²) in [6.07, 6.45) is 3.03. The highest BCUT2D eigenvalue weighted by atomic mass is 79.9. The lowest BCUT2D eigenvalue weighted by Crippen LogP contribution is -2.25. The molecule has 0 saturated carbocycles.